The molecule has 0 aliphatic rings. The lowest BCUT2D eigenvalue weighted by atomic mass is 10.0. The van der Waals surface area contributed by atoms with Crippen LogP contribution in [0.25, 0.3) is 0 Å². The van der Waals surface area contributed by atoms with Gasteiger partial charge in [0.1, 0.15) is 0 Å². The summed E-state index contributed by atoms with van der Waals surface area (Å²) in [5.74, 6) is -0.462. The van der Waals surface area contributed by atoms with Crippen LogP contribution in [0.3, 0.4) is 0 Å². The predicted molar refractivity (Wildman–Crippen MR) is 146 cm³/mol. The highest BCUT2D eigenvalue weighted by molar-refractivity contribution is 7.90. The summed E-state index contributed by atoms with van der Waals surface area (Å²) >= 11 is 0. The lowest BCUT2D eigenvalue weighted by Gasteiger charge is -2.20. The van der Waals surface area contributed by atoms with Gasteiger partial charge in [0.15, 0.2) is 11.0 Å². The van der Waals surface area contributed by atoms with Crippen molar-refractivity contribution in [2.24, 2.45) is 0 Å². The summed E-state index contributed by atoms with van der Waals surface area (Å²) in [5, 5.41) is 0. The van der Waals surface area contributed by atoms with Crippen LogP contribution >= 0.6 is 7.92 Å². The molecule has 2 aromatic carbocycles. The molecule has 0 radical (unpaired) electrons. The van der Waals surface area contributed by atoms with Crippen LogP contribution in [-0.4, -0.2) is 29.8 Å². The van der Waals surface area contributed by atoms with Gasteiger partial charge in [0.05, 0.1) is 20.7 Å². The SMILES string of the molecule is CCCCCCCCOC(=O)CP(C(=O)c1c(C)cc(C)cc1C)C(=O)c1c(C)cc(C)cc1C. The maximum absolute atomic E-state index is 13.8. The zero-order valence-electron chi connectivity index (χ0n) is 22.5. The van der Waals surface area contributed by atoms with Crippen LogP contribution in [0.4, 0.5) is 0 Å². The molecule has 0 saturated heterocycles. The minimum absolute atomic E-state index is 0.178. The summed E-state index contributed by atoms with van der Waals surface area (Å²) in [6.45, 7) is 14.1. The van der Waals surface area contributed by atoms with Crippen molar-refractivity contribution in [1.82, 2.24) is 0 Å². The second-order valence-electron chi connectivity index (χ2n) is 9.73. The van der Waals surface area contributed by atoms with Gasteiger partial charge in [-0.25, -0.2) is 0 Å². The quantitative estimate of drug-likeness (QED) is 0.161. The van der Waals surface area contributed by atoms with Gasteiger partial charge in [0.2, 0.25) is 0 Å². The molecule has 0 aliphatic carbocycles. The minimum atomic E-state index is -1.94. The van der Waals surface area contributed by atoms with Gasteiger partial charge in [-0.2, -0.15) is 0 Å². The molecule has 35 heavy (non-hydrogen) atoms. The van der Waals surface area contributed by atoms with Gasteiger partial charge in [0.25, 0.3) is 0 Å². The van der Waals surface area contributed by atoms with Crippen molar-refractivity contribution in [2.75, 3.05) is 12.8 Å². The molecule has 0 aromatic heterocycles. The molecule has 0 spiro atoms. The lowest BCUT2D eigenvalue weighted by Crippen LogP contribution is -2.19. The van der Waals surface area contributed by atoms with Crippen molar-refractivity contribution in [2.45, 2.75) is 87.0 Å². The van der Waals surface area contributed by atoms with Crippen molar-refractivity contribution in [1.29, 1.82) is 0 Å². The molecular formula is C30H41O4P. The van der Waals surface area contributed by atoms with E-state index in [2.05, 4.69) is 6.92 Å². The third-order valence-corrected chi connectivity index (χ3v) is 8.32. The second-order valence-corrected chi connectivity index (χ2v) is 11.7. The molecule has 0 N–H and O–H groups in total. The smallest absolute Gasteiger partial charge is 0.311 e. The molecule has 0 amide bonds. The van der Waals surface area contributed by atoms with E-state index >= 15 is 0 Å². The average Bonchev–Trinajstić information content (AvgIpc) is 2.75. The van der Waals surface area contributed by atoms with Crippen LogP contribution in [0.1, 0.15) is 99.5 Å². The van der Waals surface area contributed by atoms with E-state index in [9.17, 15) is 14.4 Å². The number of ether oxygens (including phenoxy) is 1. The van der Waals surface area contributed by atoms with Crippen LogP contribution in [0.5, 0.6) is 0 Å². The monoisotopic (exact) mass is 496 g/mol. The molecule has 2 aromatic rings. The Labute approximate surface area is 212 Å². The first-order valence-corrected chi connectivity index (χ1v) is 14.3. The summed E-state index contributed by atoms with van der Waals surface area (Å²) in [6, 6.07) is 7.82. The molecule has 190 valence electrons. The van der Waals surface area contributed by atoms with E-state index in [1.54, 1.807) is 0 Å². The highest BCUT2D eigenvalue weighted by Gasteiger charge is 2.34. The third-order valence-electron chi connectivity index (χ3n) is 6.32. The van der Waals surface area contributed by atoms with E-state index in [1.807, 2.05) is 65.8 Å². The fraction of sp³-hybridized carbons (Fsp3) is 0.500. The normalized spacial score (nSPS) is 11.1. The van der Waals surface area contributed by atoms with E-state index in [1.165, 1.54) is 19.3 Å². The van der Waals surface area contributed by atoms with Crippen molar-refractivity contribution in [3.05, 3.63) is 68.8 Å². The lowest BCUT2D eigenvalue weighted by molar-refractivity contribution is -0.140. The first kappa shape index (κ1) is 28.9. The Morgan fingerprint density at radius 3 is 1.49 bits per heavy atom. The van der Waals surface area contributed by atoms with E-state index in [-0.39, 0.29) is 17.2 Å². The number of aryl methyl sites for hydroxylation is 6. The number of unbranched alkanes of at least 4 members (excludes halogenated alkanes) is 5. The predicted octanol–water partition coefficient (Wildman–Crippen LogP) is 7.90. The van der Waals surface area contributed by atoms with Crippen molar-refractivity contribution in [3.63, 3.8) is 0 Å². The number of carbonyl (C=O) groups is 3. The van der Waals surface area contributed by atoms with Gasteiger partial charge in [-0.05, 0) is 70.2 Å². The largest absolute Gasteiger partial charge is 0.465 e. The summed E-state index contributed by atoms with van der Waals surface area (Å²) in [7, 11) is -1.94. The van der Waals surface area contributed by atoms with Gasteiger partial charge in [-0.1, -0.05) is 74.4 Å². The molecule has 0 atom stereocenters. The third kappa shape index (κ3) is 8.10. The molecule has 0 saturated carbocycles. The summed E-state index contributed by atoms with van der Waals surface area (Å²) in [6.07, 6.45) is 6.40. The van der Waals surface area contributed by atoms with E-state index in [4.69, 9.17) is 4.74 Å². The molecule has 0 unspecified atom stereocenters. The highest BCUT2D eigenvalue weighted by Crippen LogP contribution is 2.46. The maximum Gasteiger partial charge on any atom is 0.311 e. The van der Waals surface area contributed by atoms with Crippen LogP contribution in [0, 0.1) is 41.5 Å². The first-order chi connectivity index (χ1) is 16.6. The first-order valence-electron chi connectivity index (χ1n) is 12.7. The summed E-state index contributed by atoms with van der Waals surface area (Å²) < 4.78 is 5.48. The Bertz CT molecular complexity index is 955. The Hall–Kier alpha value is -2.32. The Kier molecular flexibility index (Phi) is 11.3. The van der Waals surface area contributed by atoms with Gasteiger partial charge < -0.3 is 4.74 Å². The number of rotatable bonds is 13. The molecule has 0 aliphatic heterocycles. The molecule has 2 rings (SSSR count). The minimum Gasteiger partial charge on any atom is -0.465 e. The van der Waals surface area contributed by atoms with Crippen LogP contribution in [0.15, 0.2) is 24.3 Å². The number of carbonyl (C=O) groups excluding carboxylic acids is 3. The summed E-state index contributed by atoms with van der Waals surface area (Å²) in [4.78, 5) is 40.4. The van der Waals surface area contributed by atoms with Gasteiger partial charge in [-0.15, -0.1) is 0 Å². The average molecular weight is 497 g/mol. The van der Waals surface area contributed by atoms with E-state index in [0.29, 0.717) is 17.7 Å². The molecule has 5 heteroatoms. The van der Waals surface area contributed by atoms with Crippen molar-refractivity contribution in [3.8, 4) is 0 Å². The second kappa shape index (κ2) is 13.7. The van der Waals surface area contributed by atoms with Gasteiger partial charge in [0, 0.05) is 11.1 Å². The highest BCUT2D eigenvalue weighted by atomic mass is 31.1. The zero-order chi connectivity index (χ0) is 26.1. The van der Waals surface area contributed by atoms with Gasteiger partial charge >= 0.3 is 5.97 Å². The molecule has 4 nitrogen and oxygen atoms in total. The Balaban J connectivity index is 2.28. The maximum atomic E-state index is 13.8. The zero-order valence-corrected chi connectivity index (χ0v) is 23.4. The number of hydrogen-bond acceptors (Lipinski definition) is 4. The van der Waals surface area contributed by atoms with Crippen LogP contribution in [0.2, 0.25) is 0 Å². The fourth-order valence-electron chi connectivity index (χ4n) is 4.78. The molecule has 0 bridgehead atoms. The number of hydrogen-bond donors (Lipinski definition) is 0. The standard InChI is InChI=1S/C30H41O4P/c1-8-9-10-11-12-13-14-34-26(31)19-35(29(32)27-22(4)15-20(2)16-23(27)5)30(33)28-24(6)17-21(3)18-25(28)7/h15-18H,8-14,19H2,1-7H3. The molecular weight excluding hydrogens is 455 g/mol. The van der Waals surface area contributed by atoms with Gasteiger partial charge in [-0.3, -0.25) is 14.4 Å². The molecule has 0 fully saturated rings. The number of benzene rings is 2. The summed E-state index contributed by atoms with van der Waals surface area (Å²) in [5.41, 5.74) is 6.12. The molecule has 0 heterocycles. The van der Waals surface area contributed by atoms with Crippen LogP contribution < -0.4 is 0 Å². The van der Waals surface area contributed by atoms with E-state index in [0.717, 1.165) is 52.6 Å². The topological polar surface area (TPSA) is 60.4 Å². The van der Waals surface area contributed by atoms with E-state index < -0.39 is 13.9 Å². The number of esters is 1. The fourth-order valence-corrected chi connectivity index (χ4v) is 6.85. The van der Waals surface area contributed by atoms with Crippen molar-refractivity contribution < 1.29 is 19.1 Å². The van der Waals surface area contributed by atoms with Crippen molar-refractivity contribution >= 4 is 24.9 Å². The van der Waals surface area contributed by atoms with Crippen LogP contribution in [-0.2, 0) is 9.53 Å². The Morgan fingerprint density at radius 2 is 1.06 bits per heavy atom. The Morgan fingerprint density at radius 1 is 0.657 bits per heavy atom.